The maximum Gasteiger partial charge on any atom is 0.267 e. The number of aromatic nitrogens is 2. The number of amides is 1. The molecular weight excluding hydrogens is 370 g/mol. The smallest absolute Gasteiger partial charge is 0.267 e. The summed E-state index contributed by atoms with van der Waals surface area (Å²) in [5, 5.41) is 0. The minimum absolute atomic E-state index is 0.000680. The summed E-state index contributed by atoms with van der Waals surface area (Å²) in [5.74, 6) is 0.853. The number of primary amides is 1. The number of aryl methyl sites for hydroxylation is 1. The third kappa shape index (κ3) is 5.16. The van der Waals surface area contributed by atoms with Crippen LogP contribution in [0.25, 0.3) is 11.4 Å². The molecule has 0 aliphatic heterocycles. The molecule has 0 radical (unpaired) electrons. The van der Waals surface area contributed by atoms with Crippen molar-refractivity contribution in [2.75, 3.05) is 0 Å². The van der Waals surface area contributed by atoms with Gasteiger partial charge in [0.2, 0.25) is 5.88 Å². The van der Waals surface area contributed by atoms with Crippen LogP contribution in [0.5, 0.6) is 17.4 Å². The molecule has 1 aromatic heterocycles. The van der Waals surface area contributed by atoms with Gasteiger partial charge in [-0.2, -0.15) is 4.98 Å². The summed E-state index contributed by atoms with van der Waals surface area (Å²) in [7, 11) is 0. The fourth-order valence-corrected chi connectivity index (χ4v) is 2.42. The summed E-state index contributed by atoms with van der Waals surface area (Å²) in [5.41, 5.74) is 7.16. The number of rotatable bonds is 7. The van der Waals surface area contributed by atoms with Gasteiger partial charge in [-0.25, -0.2) is 4.98 Å². The molecule has 3 aromatic rings. The number of hydrogen-bond acceptors (Lipinski definition) is 6. The van der Waals surface area contributed by atoms with E-state index in [2.05, 4.69) is 9.97 Å². The number of carbonyl (C=O) groups excluding carboxylic acids is 2. The van der Waals surface area contributed by atoms with Crippen molar-refractivity contribution in [3.05, 3.63) is 65.9 Å². The second-order valence-corrected chi connectivity index (χ2v) is 6.59. The number of carbonyl (C=O) groups is 2. The highest BCUT2D eigenvalue weighted by molar-refractivity contribution is 5.91. The molecular formula is C22H21N3O4. The van der Waals surface area contributed by atoms with Gasteiger partial charge >= 0.3 is 0 Å². The van der Waals surface area contributed by atoms with Crippen molar-refractivity contribution in [2.24, 2.45) is 5.73 Å². The molecule has 0 saturated heterocycles. The summed E-state index contributed by atoms with van der Waals surface area (Å²) in [6.45, 7) is 5.02. The van der Waals surface area contributed by atoms with Crippen molar-refractivity contribution in [2.45, 2.75) is 26.9 Å². The Balaban J connectivity index is 1.86. The van der Waals surface area contributed by atoms with Crippen LogP contribution in [-0.4, -0.2) is 27.8 Å². The molecule has 0 fully saturated rings. The van der Waals surface area contributed by atoms with Crippen LogP contribution in [0.2, 0.25) is 0 Å². The van der Waals surface area contributed by atoms with E-state index in [-0.39, 0.29) is 23.2 Å². The van der Waals surface area contributed by atoms with Gasteiger partial charge < -0.3 is 15.2 Å². The molecule has 0 unspecified atom stereocenters. The molecule has 0 bridgehead atoms. The number of Topliss-reactive ketones (excluding diaryl/α,β-unsaturated/α-hetero) is 1. The number of hydrogen-bond donors (Lipinski definition) is 1. The molecule has 0 saturated carbocycles. The third-order valence-electron chi connectivity index (χ3n) is 4.19. The van der Waals surface area contributed by atoms with Crippen molar-refractivity contribution >= 4 is 11.7 Å². The summed E-state index contributed by atoms with van der Waals surface area (Å²) in [6, 6.07) is 16.1. The Morgan fingerprint density at radius 2 is 1.55 bits per heavy atom. The Morgan fingerprint density at radius 3 is 2.10 bits per heavy atom. The number of nitrogens with two attached hydrogens (primary N) is 1. The van der Waals surface area contributed by atoms with Crippen LogP contribution < -0.4 is 15.2 Å². The van der Waals surface area contributed by atoms with E-state index in [4.69, 9.17) is 15.2 Å². The van der Waals surface area contributed by atoms with E-state index in [1.165, 1.54) is 13.0 Å². The van der Waals surface area contributed by atoms with Crippen molar-refractivity contribution in [3.8, 4) is 28.8 Å². The fraction of sp³-hybridized carbons (Fsp3) is 0.182. The van der Waals surface area contributed by atoms with E-state index in [0.717, 1.165) is 11.3 Å². The van der Waals surface area contributed by atoms with Gasteiger partial charge in [-0.15, -0.1) is 0 Å². The zero-order valence-electron chi connectivity index (χ0n) is 16.4. The molecule has 0 aliphatic rings. The van der Waals surface area contributed by atoms with E-state index in [1.807, 2.05) is 31.2 Å². The van der Waals surface area contributed by atoms with Crippen molar-refractivity contribution in [3.63, 3.8) is 0 Å². The first-order valence-corrected chi connectivity index (χ1v) is 9.03. The van der Waals surface area contributed by atoms with Crippen LogP contribution in [0, 0.1) is 6.92 Å². The highest BCUT2D eigenvalue weighted by Gasteiger charge is 2.15. The van der Waals surface area contributed by atoms with Gasteiger partial charge in [0.15, 0.2) is 17.7 Å². The normalized spacial score (nSPS) is 11.6. The Hall–Kier alpha value is -3.74. The monoisotopic (exact) mass is 391 g/mol. The predicted molar refractivity (Wildman–Crippen MR) is 108 cm³/mol. The molecule has 148 valence electrons. The molecule has 3 rings (SSSR count). The maximum atomic E-state index is 11.6. The van der Waals surface area contributed by atoms with Crippen LogP contribution in [-0.2, 0) is 4.79 Å². The van der Waals surface area contributed by atoms with Crippen molar-refractivity contribution in [1.82, 2.24) is 9.97 Å². The first-order valence-electron chi connectivity index (χ1n) is 9.03. The summed E-state index contributed by atoms with van der Waals surface area (Å²) in [4.78, 5) is 31.6. The lowest BCUT2D eigenvalue weighted by atomic mass is 10.2. The Morgan fingerprint density at radius 1 is 0.966 bits per heavy atom. The van der Waals surface area contributed by atoms with Crippen molar-refractivity contribution in [1.29, 1.82) is 0 Å². The van der Waals surface area contributed by atoms with Gasteiger partial charge in [-0.3, -0.25) is 9.59 Å². The highest BCUT2D eigenvalue weighted by Crippen LogP contribution is 2.26. The van der Waals surface area contributed by atoms with Gasteiger partial charge in [0.1, 0.15) is 17.2 Å². The highest BCUT2D eigenvalue weighted by atomic mass is 16.5. The van der Waals surface area contributed by atoms with Gasteiger partial charge in [-0.1, -0.05) is 17.7 Å². The zero-order valence-corrected chi connectivity index (χ0v) is 16.4. The second kappa shape index (κ2) is 8.52. The minimum Gasteiger partial charge on any atom is -0.467 e. The Labute approximate surface area is 168 Å². The quantitative estimate of drug-likeness (QED) is 0.658. The van der Waals surface area contributed by atoms with Crippen LogP contribution in [0.15, 0.2) is 54.6 Å². The van der Waals surface area contributed by atoms with Crippen molar-refractivity contribution < 1.29 is 19.1 Å². The van der Waals surface area contributed by atoms with E-state index in [1.54, 1.807) is 31.2 Å². The number of benzene rings is 2. The standard InChI is InChI=1S/C22H21N3O4/c1-13-4-8-17(9-5-13)29-18-10-6-16(7-11-18)22-24-19(21(23)27)12-20(25-22)28-15(3)14(2)26/h4-12,15H,1-3H3,(H2,23,27)/t15-/m0/s1. The predicted octanol–water partition coefficient (Wildman–Crippen LogP) is 3.70. The Bertz CT molecular complexity index is 1030. The first-order chi connectivity index (χ1) is 13.8. The van der Waals surface area contributed by atoms with E-state index in [0.29, 0.717) is 11.3 Å². The summed E-state index contributed by atoms with van der Waals surface area (Å²) in [6.07, 6.45) is -0.705. The SMILES string of the molecule is CC(=O)[C@H](C)Oc1cc(C(N)=O)nc(-c2ccc(Oc3ccc(C)cc3)cc2)n1. The topological polar surface area (TPSA) is 104 Å². The van der Waals surface area contributed by atoms with Gasteiger partial charge in [0.25, 0.3) is 5.91 Å². The van der Waals surface area contributed by atoms with Crippen LogP contribution in [0.1, 0.15) is 29.9 Å². The minimum atomic E-state index is -0.715. The molecule has 0 spiro atoms. The molecule has 7 nitrogen and oxygen atoms in total. The largest absolute Gasteiger partial charge is 0.467 e. The van der Waals surface area contributed by atoms with E-state index >= 15 is 0 Å². The molecule has 2 aromatic carbocycles. The van der Waals surface area contributed by atoms with E-state index < -0.39 is 12.0 Å². The lowest BCUT2D eigenvalue weighted by molar-refractivity contribution is -0.123. The average molecular weight is 391 g/mol. The number of ether oxygens (including phenoxy) is 2. The summed E-state index contributed by atoms with van der Waals surface area (Å²) < 4.78 is 11.3. The number of ketones is 1. The number of nitrogens with zero attached hydrogens (tertiary/aromatic N) is 2. The molecule has 1 amide bonds. The van der Waals surface area contributed by atoms with Crippen LogP contribution >= 0.6 is 0 Å². The Kier molecular flexibility index (Phi) is 5.87. The van der Waals surface area contributed by atoms with Crippen LogP contribution in [0.4, 0.5) is 0 Å². The lowest BCUT2D eigenvalue weighted by Gasteiger charge is -2.12. The maximum absolute atomic E-state index is 11.6. The fourth-order valence-electron chi connectivity index (χ4n) is 2.42. The van der Waals surface area contributed by atoms with Gasteiger partial charge in [0.05, 0.1) is 0 Å². The lowest BCUT2D eigenvalue weighted by Crippen LogP contribution is -2.22. The average Bonchev–Trinajstić information content (AvgIpc) is 2.70. The third-order valence-corrected chi connectivity index (χ3v) is 4.19. The molecule has 7 heteroatoms. The zero-order chi connectivity index (χ0) is 21.0. The van der Waals surface area contributed by atoms with Gasteiger partial charge in [-0.05, 0) is 57.2 Å². The van der Waals surface area contributed by atoms with Crippen LogP contribution in [0.3, 0.4) is 0 Å². The molecule has 29 heavy (non-hydrogen) atoms. The van der Waals surface area contributed by atoms with Gasteiger partial charge in [0, 0.05) is 11.6 Å². The molecule has 1 atom stereocenters. The van der Waals surface area contributed by atoms with E-state index in [9.17, 15) is 9.59 Å². The molecule has 2 N–H and O–H groups in total. The molecule has 1 heterocycles. The summed E-state index contributed by atoms with van der Waals surface area (Å²) >= 11 is 0. The second-order valence-electron chi connectivity index (χ2n) is 6.59. The molecule has 0 aliphatic carbocycles. The first kappa shape index (κ1) is 20.0.